The predicted molar refractivity (Wildman–Crippen MR) is 110 cm³/mol. The van der Waals surface area contributed by atoms with Gasteiger partial charge in [-0.25, -0.2) is 4.79 Å². The number of carbonyl (C=O) groups is 2. The number of benzene rings is 2. The number of nitrogens with zero attached hydrogens (tertiary/aromatic N) is 1. The molecule has 0 aromatic heterocycles. The number of carbonyl (C=O) groups excluding carboxylic acids is 2. The lowest BCUT2D eigenvalue weighted by atomic mass is 10.1. The lowest BCUT2D eigenvalue weighted by Gasteiger charge is -2.21. The molecule has 0 bridgehead atoms. The fourth-order valence-electron chi connectivity index (χ4n) is 2.69. The number of urea groups is 1. The maximum absolute atomic E-state index is 12.6. The van der Waals surface area contributed by atoms with Crippen molar-refractivity contribution in [2.24, 2.45) is 0 Å². The molecule has 0 aliphatic heterocycles. The third-order valence-electron chi connectivity index (χ3n) is 4.03. The smallest absolute Gasteiger partial charge is 0.319 e. The van der Waals surface area contributed by atoms with Crippen molar-refractivity contribution in [3.05, 3.63) is 64.7 Å². The molecule has 0 radical (unpaired) electrons. The van der Waals surface area contributed by atoms with Gasteiger partial charge in [0.25, 0.3) is 5.91 Å². The first-order chi connectivity index (χ1) is 13.0. The van der Waals surface area contributed by atoms with Gasteiger partial charge in [-0.2, -0.15) is 0 Å². The summed E-state index contributed by atoms with van der Waals surface area (Å²) in [5, 5.41) is 6.22. The summed E-state index contributed by atoms with van der Waals surface area (Å²) in [6.07, 6.45) is 1.86. The third-order valence-corrected chi connectivity index (χ3v) is 4.28. The first kappa shape index (κ1) is 20.8. The van der Waals surface area contributed by atoms with Crippen molar-refractivity contribution in [3.8, 4) is 0 Å². The molecule has 2 aromatic carbocycles. The van der Waals surface area contributed by atoms with Crippen molar-refractivity contribution < 1.29 is 9.59 Å². The van der Waals surface area contributed by atoms with Crippen LogP contribution in [0.15, 0.2) is 48.5 Å². The van der Waals surface area contributed by atoms with E-state index in [1.165, 1.54) is 0 Å². The van der Waals surface area contributed by atoms with Crippen molar-refractivity contribution in [2.75, 3.05) is 18.4 Å². The number of anilines is 1. The highest BCUT2D eigenvalue weighted by Gasteiger charge is 2.14. The van der Waals surface area contributed by atoms with Crippen LogP contribution in [0.1, 0.15) is 42.6 Å². The second kappa shape index (κ2) is 10.6. The number of amides is 3. The average Bonchev–Trinajstić information content (AvgIpc) is 2.67. The van der Waals surface area contributed by atoms with E-state index in [0.717, 1.165) is 31.5 Å². The van der Waals surface area contributed by atoms with Gasteiger partial charge >= 0.3 is 6.03 Å². The highest BCUT2D eigenvalue weighted by molar-refractivity contribution is 6.30. The Morgan fingerprint density at radius 2 is 1.52 bits per heavy atom. The van der Waals surface area contributed by atoms with Gasteiger partial charge in [-0.15, -0.1) is 0 Å². The molecule has 2 N–H and O–H groups in total. The normalized spacial score (nSPS) is 10.3. The van der Waals surface area contributed by atoms with Gasteiger partial charge in [0, 0.05) is 35.9 Å². The van der Waals surface area contributed by atoms with Crippen molar-refractivity contribution in [2.45, 2.75) is 33.2 Å². The molecular formula is C21H26ClN3O2. The molecule has 144 valence electrons. The van der Waals surface area contributed by atoms with Crippen LogP contribution < -0.4 is 10.6 Å². The van der Waals surface area contributed by atoms with E-state index in [1.807, 2.05) is 17.0 Å². The third kappa shape index (κ3) is 6.61. The standard InChI is InChI=1S/C21H26ClN3O2/c1-3-13-25(14-4-2)20(26)17-7-11-19(12-8-17)24-21(27)23-15-16-5-9-18(22)10-6-16/h5-12H,3-4,13-15H2,1-2H3,(H2,23,24,27). The first-order valence-electron chi connectivity index (χ1n) is 9.22. The zero-order chi connectivity index (χ0) is 19.6. The van der Waals surface area contributed by atoms with Crippen molar-refractivity contribution in [1.29, 1.82) is 0 Å². The van der Waals surface area contributed by atoms with E-state index in [2.05, 4.69) is 24.5 Å². The molecule has 2 rings (SSSR count). The molecule has 0 atom stereocenters. The SMILES string of the molecule is CCCN(CCC)C(=O)c1ccc(NC(=O)NCc2ccc(Cl)cc2)cc1. The van der Waals surface area contributed by atoms with Crippen LogP contribution in [0.4, 0.5) is 10.5 Å². The molecule has 2 aromatic rings. The minimum atomic E-state index is -0.303. The molecule has 27 heavy (non-hydrogen) atoms. The van der Waals surface area contributed by atoms with E-state index in [4.69, 9.17) is 11.6 Å². The topological polar surface area (TPSA) is 61.4 Å². The number of hydrogen-bond acceptors (Lipinski definition) is 2. The Kier molecular flexibility index (Phi) is 8.14. The van der Waals surface area contributed by atoms with Gasteiger partial charge in [0.2, 0.25) is 0 Å². The van der Waals surface area contributed by atoms with Crippen LogP contribution in [-0.2, 0) is 6.54 Å². The summed E-state index contributed by atoms with van der Waals surface area (Å²) in [7, 11) is 0. The summed E-state index contributed by atoms with van der Waals surface area (Å²) in [4.78, 5) is 26.4. The van der Waals surface area contributed by atoms with Gasteiger partial charge < -0.3 is 15.5 Å². The maximum atomic E-state index is 12.6. The van der Waals surface area contributed by atoms with Crippen LogP contribution >= 0.6 is 11.6 Å². The lowest BCUT2D eigenvalue weighted by molar-refractivity contribution is 0.0755. The second-order valence-corrected chi connectivity index (χ2v) is 6.74. The van der Waals surface area contributed by atoms with E-state index in [9.17, 15) is 9.59 Å². The largest absolute Gasteiger partial charge is 0.339 e. The van der Waals surface area contributed by atoms with Crippen molar-refractivity contribution >= 4 is 29.2 Å². The summed E-state index contributed by atoms with van der Waals surface area (Å²) in [5.74, 6) is 0.0254. The maximum Gasteiger partial charge on any atom is 0.319 e. The molecule has 3 amide bonds. The summed E-state index contributed by atoms with van der Waals surface area (Å²) < 4.78 is 0. The summed E-state index contributed by atoms with van der Waals surface area (Å²) >= 11 is 5.84. The summed E-state index contributed by atoms with van der Waals surface area (Å²) in [6.45, 7) is 6.03. The molecule has 0 aliphatic rings. The lowest BCUT2D eigenvalue weighted by Crippen LogP contribution is -2.32. The Morgan fingerprint density at radius 1 is 0.926 bits per heavy atom. The van der Waals surface area contributed by atoms with Gasteiger partial charge in [0.05, 0.1) is 0 Å². The molecule has 6 heteroatoms. The van der Waals surface area contributed by atoms with Gasteiger partial charge in [-0.05, 0) is 54.8 Å². The molecule has 0 heterocycles. The Labute approximate surface area is 165 Å². The number of hydrogen-bond donors (Lipinski definition) is 2. The number of rotatable bonds is 8. The highest BCUT2D eigenvalue weighted by atomic mass is 35.5. The summed E-state index contributed by atoms with van der Waals surface area (Å²) in [6, 6.07) is 14.0. The Balaban J connectivity index is 1.89. The monoisotopic (exact) mass is 387 g/mol. The van der Waals surface area contributed by atoms with Crippen LogP contribution in [-0.4, -0.2) is 29.9 Å². The predicted octanol–water partition coefficient (Wildman–Crippen LogP) is 4.92. The Hall–Kier alpha value is -2.53. The van der Waals surface area contributed by atoms with Gasteiger partial charge in [0.15, 0.2) is 0 Å². The molecule has 0 unspecified atom stereocenters. The van der Waals surface area contributed by atoms with Crippen LogP contribution in [0.2, 0.25) is 5.02 Å². The van der Waals surface area contributed by atoms with E-state index in [1.54, 1.807) is 36.4 Å². The molecule has 0 saturated carbocycles. The van der Waals surface area contributed by atoms with Crippen molar-refractivity contribution in [3.63, 3.8) is 0 Å². The molecular weight excluding hydrogens is 362 g/mol. The zero-order valence-electron chi connectivity index (χ0n) is 15.8. The molecule has 0 aliphatic carbocycles. The van der Waals surface area contributed by atoms with Crippen LogP contribution in [0, 0.1) is 0 Å². The van der Waals surface area contributed by atoms with Gasteiger partial charge in [-0.1, -0.05) is 37.6 Å². The second-order valence-electron chi connectivity index (χ2n) is 6.30. The highest BCUT2D eigenvalue weighted by Crippen LogP contribution is 2.13. The van der Waals surface area contributed by atoms with Crippen molar-refractivity contribution in [1.82, 2.24) is 10.2 Å². The first-order valence-corrected chi connectivity index (χ1v) is 9.60. The molecule has 5 nitrogen and oxygen atoms in total. The van der Waals surface area contributed by atoms with E-state index in [0.29, 0.717) is 22.8 Å². The molecule has 0 fully saturated rings. The Morgan fingerprint density at radius 3 is 2.07 bits per heavy atom. The van der Waals surface area contributed by atoms with E-state index >= 15 is 0 Å². The Bertz CT molecular complexity index is 739. The van der Waals surface area contributed by atoms with E-state index in [-0.39, 0.29) is 11.9 Å². The van der Waals surface area contributed by atoms with Gasteiger partial charge in [-0.3, -0.25) is 4.79 Å². The minimum absolute atomic E-state index is 0.0254. The number of nitrogens with one attached hydrogen (secondary N) is 2. The van der Waals surface area contributed by atoms with E-state index < -0.39 is 0 Å². The van der Waals surface area contributed by atoms with Crippen LogP contribution in [0.25, 0.3) is 0 Å². The quantitative estimate of drug-likeness (QED) is 0.675. The zero-order valence-corrected chi connectivity index (χ0v) is 16.6. The minimum Gasteiger partial charge on any atom is -0.339 e. The number of halogens is 1. The summed E-state index contributed by atoms with van der Waals surface area (Å²) in [5.41, 5.74) is 2.23. The van der Waals surface area contributed by atoms with Crippen LogP contribution in [0.5, 0.6) is 0 Å². The van der Waals surface area contributed by atoms with Gasteiger partial charge in [0.1, 0.15) is 0 Å². The molecule has 0 saturated heterocycles. The van der Waals surface area contributed by atoms with Crippen LogP contribution in [0.3, 0.4) is 0 Å². The fourth-order valence-corrected chi connectivity index (χ4v) is 2.82. The molecule has 0 spiro atoms. The fraction of sp³-hybridized carbons (Fsp3) is 0.333. The average molecular weight is 388 g/mol.